The zero-order valence-corrected chi connectivity index (χ0v) is 31.2. The van der Waals surface area contributed by atoms with Crippen LogP contribution in [0.25, 0.3) is 11.1 Å². The number of fused-ring (bicyclic) bond motifs is 2. The summed E-state index contributed by atoms with van der Waals surface area (Å²) in [4.78, 5) is 43.5. The van der Waals surface area contributed by atoms with Crippen LogP contribution >= 0.6 is 0 Å². The average molecular weight is 670 g/mol. The molecule has 264 valence electrons. The van der Waals surface area contributed by atoms with Gasteiger partial charge in [0.15, 0.2) is 0 Å². The Morgan fingerprint density at radius 3 is 2.14 bits per heavy atom. The number of ketones is 1. The Hall–Kier alpha value is -3.94. The fourth-order valence-electron chi connectivity index (χ4n) is 6.96. The number of amides is 2. The van der Waals surface area contributed by atoms with E-state index in [9.17, 15) is 19.5 Å². The van der Waals surface area contributed by atoms with Crippen molar-refractivity contribution in [2.45, 2.75) is 120 Å². The van der Waals surface area contributed by atoms with Gasteiger partial charge in [0.2, 0.25) is 23.0 Å². The largest absolute Gasteiger partial charge is 0.506 e. The second kappa shape index (κ2) is 14.1. The van der Waals surface area contributed by atoms with E-state index < -0.39 is 10.8 Å². The Labute approximate surface area is 292 Å². The SMILES string of the molecule is CCCCN1c2cc(NC(=O)C(C)(C)C)c(C3=C(O)/C(=c4\cc5c(cc4NC(=O)C(C)(C)C)=[N+](CCCC)CCC5)C3=O)cc2CCC1C. The van der Waals surface area contributed by atoms with Crippen LogP contribution < -0.4 is 30.7 Å². The maximum atomic E-state index is 14.3. The van der Waals surface area contributed by atoms with Gasteiger partial charge in [0, 0.05) is 64.4 Å². The van der Waals surface area contributed by atoms with Gasteiger partial charge in [-0.05, 0) is 56.4 Å². The minimum atomic E-state index is -0.659. The number of aliphatic hydroxyl groups excluding tert-OH is 1. The van der Waals surface area contributed by atoms with Crippen molar-refractivity contribution in [3.8, 4) is 0 Å². The van der Waals surface area contributed by atoms with Crippen molar-refractivity contribution >= 4 is 45.8 Å². The third-order valence-corrected chi connectivity index (χ3v) is 10.2. The minimum Gasteiger partial charge on any atom is -0.506 e. The van der Waals surface area contributed by atoms with E-state index in [0.29, 0.717) is 28.2 Å². The molecule has 2 amide bonds. The summed E-state index contributed by atoms with van der Waals surface area (Å²) in [5, 5.41) is 19.7. The van der Waals surface area contributed by atoms with E-state index in [1.807, 2.05) is 65.8 Å². The zero-order chi connectivity index (χ0) is 35.8. The number of anilines is 3. The fraction of sp³-hybridized carbons (Fsp3) is 0.561. The quantitative estimate of drug-likeness (QED) is 0.264. The van der Waals surface area contributed by atoms with E-state index in [1.54, 1.807) is 0 Å². The van der Waals surface area contributed by atoms with Crippen LogP contribution in [-0.2, 0) is 27.2 Å². The molecule has 8 nitrogen and oxygen atoms in total. The molecule has 3 aliphatic rings. The fourth-order valence-corrected chi connectivity index (χ4v) is 6.96. The highest BCUT2D eigenvalue weighted by molar-refractivity contribution is 6.52. The van der Waals surface area contributed by atoms with Crippen LogP contribution in [0.2, 0.25) is 0 Å². The van der Waals surface area contributed by atoms with Crippen molar-refractivity contribution < 1.29 is 19.5 Å². The van der Waals surface area contributed by atoms with Crippen LogP contribution in [0.4, 0.5) is 17.1 Å². The molecule has 0 bridgehead atoms. The first-order valence-corrected chi connectivity index (χ1v) is 18.4. The molecule has 8 heteroatoms. The monoisotopic (exact) mass is 669 g/mol. The van der Waals surface area contributed by atoms with E-state index in [0.717, 1.165) is 93.2 Å². The normalized spacial score (nSPS) is 19.0. The molecule has 3 N–H and O–H groups in total. The van der Waals surface area contributed by atoms with E-state index in [2.05, 4.69) is 40.9 Å². The number of nitrogens with zero attached hydrogens (tertiary/aromatic N) is 2. The summed E-state index contributed by atoms with van der Waals surface area (Å²) in [5.74, 6) is -0.721. The molecule has 0 spiro atoms. The molecule has 0 fully saturated rings. The number of aryl methyl sites for hydroxylation is 2. The molecule has 49 heavy (non-hydrogen) atoms. The lowest BCUT2D eigenvalue weighted by atomic mass is 9.79. The maximum Gasteiger partial charge on any atom is 0.229 e. The average Bonchev–Trinajstić information content (AvgIpc) is 3.03. The van der Waals surface area contributed by atoms with Gasteiger partial charge < -0.3 is 20.6 Å². The molecule has 2 aliphatic heterocycles. The standard InChI is InChI=1S/C41H56N4O4/c1-10-12-18-44-19-14-15-26-21-28(30(23-32(26)44)42-38(48)40(4,5)6)34-36(46)35(37(34)47)29-22-27-17-16-25(3)45(20-13-11-2)33(27)24-31(29)43-39(49)41(7,8)9/h21-25H,10-20H2,1-9H3,(H2,42,43,46,47,48,49)/p+1. The van der Waals surface area contributed by atoms with Crippen LogP contribution in [-0.4, -0.2) is 48.4 Å². The number of aliphatic hydroxyl groups is 1. The van der Waals surface area contributed by atoms with Gasteiger partial charge in [0.05, 0.1) is 22.5 Å². The third-order valence-electron chi connectivity index (χ3n) is 10.2. The van der Waals surface area contributed by atoms with Gasteiger partial charge in [-0.2, -0.15) is 0 Å². The van der Waals surface area contributed by atoms with Gasteiger partial charge in [0.1, 0.15) is 18.8 Å². The Morgan fingerprint density at radius 2 is 1.53 bits per heavy atom. The molecular formula is C41H57N4O4+. The summed E-state index contributed by atoms with van der Waals surface area (Å²) in [6.45, 7) is 20.6. The lowest BCUT2D eigenvalue weighted by Gasteiger charge is -2.38. The van der Waals surface area contributed by atoms with Crippen LogP contribution in [0.5, 0.6) is 0 Å². The van der Waals surface area contributed by atoms with Crippen molar-refractivity contribution in [3.05, 3.63) is 57.3 Å². The number of hydrogen-bond acceptors (Lipinski definition) is 5. The molecule has 0 radical (unpaired) electrons. The second-order valence-electron chi connectivity index (χ2n) is 16.3. The van der Waals surface area contributed by atoms with Gasteiger partial charge in [-0.3, -0.25) is 14.4 Å². The molecule has 1 atom stereocenters. The number of unbranched alkanes of at least 4 members (excludes halogenated alkanes) is 2. The van der Waals surface area contributed by atoms with E-state index >= 15 is 0 Å². The Bertz CT molecular complexity index is 1820. The van der Waals surface area contributed by atoms with Crippen molar-refractivity contribution in [2.75, 3.05) is 35.2 Å². The minimum absolute atomic E-state index is 0.104. The van der Waals surface area contributed by atoms with Crippen LogP contribution in [0.15, 0.2) is 30.0 Å². The number of Topliss-reactive ketones (excluding diaryl/α,β-unsaturated/α-hetero) is 1. The summed E-state index contributed by atoms with van der Waals surface area (Å²) >= 11 is 0. The van der Waals surface area contributed by atoms with Crippen LogP contribution in [0.1, 0.15) is 118 Å². The summed E-state index contributed by atoms with van der Waals surface area (Å²) in [5.41, 5.74) is 3.99. The molecule has 0 saturated carbocycles. The zero-order valence-electron chi connectivity index (χ0n) is 31.2. The van der Waals surface area contributed by atoms with Gasteiger partial charge in [0.25, 0.3) is 0 Å². The highest BCUT2D eigenvalue weighted by atomic mass is 16.3. The van der Waals surface area contributed by atoms with Gasteiger partial charge in [-0.25, -0.2) is 4.58 Å². The number of hydrogen-bond donors (Lipinski definition) is 3. The molecule has 0 aromatic heterocycles. The van der Waals surface area contributed by atoms with E-state index in [1.165, 1.54) is 0 Å². The molecular weight excluding hydrogens is 612 g/mol. The van der Waals surface area contributed by atoms with Crippen molar-refractivity contribution in [2.24, 2.45) is 10.8 Å². The summed E-state index contributed by atoms with van der Waals surface area (Å²) in [6.07, 6.45) is 7.99. The third kappa shape index (κ3) is 7.34. The first-order valence-electron chi connectivity index (χ1n) is 18.4. The topological polar surface area (TPSA) is 102 Å². The first-order chi connectivity index (χ1) is 23.1. The highest BCUT2D eigenvalue weighted by Crippen LogP contribution is 2.44. The number of rotatable bonds is 9. The van der Waals surface area contributed by atoms with Crippen LogP contribution in [0.3, 0.4) is 0 Å². The summed E-state index contributed by atoms with van der Waals surface area (Å²) in [6, 6.07) is 8.35. The summed E-state index contributed by atoms with van der Waals surface area (Å²) in [7, 11) is 0. The number of allylic oxidation sites excluding steroid dienone is 2. The van der Waals surface area contributed by atoms with Gasteiger partial charge in [-0.1, -0.05) is 68.2 Å². The molecule has 2 heterocycles. The molecule has 2 aromatic rings. The first kappa shape index (κ1) is 36.3. The Kier molecular flexibility index (Phi) is 10.5. The molecule has 0 saturated heterocycles. The number of carbonyl (C=O) groups is 3. The highest BCUT2D eigenvalue weighted by Gasteiger charge is 2.39. The smallest absolute Gasteiger partial charge is 0.229 e. The number of benzene rings is 2. The van der Waals surface area contributed by atoms with E-state index in [-0.39, 0.29) is 34.5 Å². The van der Waals surface area contributed by atoms with Crippen molar-refractivity contribution in [1.82, 2.24) is 4.58 Å². The predicted molar refractivity (Wildman–Crippen MR) is 201 cm³/mol. The lowest BCUT2D eigenvalue weighted by Crippen LogP contribution is -2.41. The predicted octanol–water partition coefficient (Wildman–Crippen LogP) is 6.54. The van der Waals surface area contributed by atoms with Crippen LogP contribution in [0, 0.1) is 10.8 Å². The number of carbonyl (C=O) groups excluding carboxylic acids is 3. The molecule has 1 unspecified atom stereocenters. The molecule has 5 rings (SSSR count). The van der Waals surface area contributed by atoms with Crippen molar-refractivity contribution in [1.29, 1.82) is 0 Å². The summed E-state index contributed by atoms with van der Waals surface area (Å²) < 4.78 is 2.37. The van der Waals surface area contributed by atoms with Gasteiger partial charge >= 0.3 is 0 Å². The molecule has 2 aromatic carbocycles. The molecule has 1 aliphatic carbocycles. The maximum absolute atomic E-state index is 14.3. The second-order valence-corrected chi connectivity index (χ2v) is 16.3. The van der Waals surface area contributed by atoms with E-state index in [4.69, 9.17) is 0 Å². The van der Waals surface area contributed by atoms with Gasteiger partial charge in [-0.15, -0.1) is 0 Å². The van der Waals surface area contributed by atoms with Crippen molar-refractivity contribution in [3.63, 3.8) is 0 Å². The Morgan fingerprint density at radius 1 is 0.878 bits per heavy atom. The number of nitrogens with one attached hydrogen (secondary N) is 2. The Balaban J connectivity index is 1.72. The lowest BCUT2D eigenvalue weighted by molar-refractivity contribution is -0.123.